The molecule has 0 aromatic heterocycles. The van der Waals surface area contributed by atoms with Gasteiger partial charge in [-0.15, -0.1) is 0 Å². The van der Waals surface area contributed by atoms with Gasteiger partial charge < -0.3 is 14.8 Å². The first-order valence-corrected chi connectivity index (χ1v) is 9.25. The normalized spacial score (nSPS) is 15.0. The first-order valence-electron chi connectivity index (χ1n) is 9.25. The standard InChI is InChI=1S/C19H24N2O7/c1-27-18(23)13-9-14(11-16(10-13)21(25)26)19(24)28-12-17(22)20-15-7-5-3-2-4-6-8-15/h9-11,15H,2-8,12H2,1H3,(H,20,22). The minimum Gasteiger partial charge on any atom is -0.465 e. The van der Waals surface area contributed by atoms with Crippen LogP contribution in [0, 0.1) is 10.1 Å². The van der Waals surface area contributed by atoms with Crippen LogP contribution in [0.2, 0.25) is 0 Å². The molecule has 1 fully saturated rings. The number of benzene rings is 1. The van der Waals surface area contributed by atoms with Crippen LogP contribution in [-0.2, 0) is 14.3 Å². The highest BCUT2D eigenvalue weighted by Gasteiger charge is 2.20. The topological polar surface area (TPSA) is 125 Å². The van der Waals surface area contributed by atoms with Crippen LogP contribution in [-0.4, -0.2) is 42.5 Å². The van der Waals surface area contributed by atoms with Crippen molar-refractivity contribution >= 4 is 23.5 Å². The Kier molecular flexibility index (Phi) is 7.91. The second-order valence-electron chi connectivity index (χ2n) is 6.70. The van der Waals surface area contributed by atoms with Gasteiger partial charge in [-0.2, -0.15) is 0 Å². The van der Waals surface area contributed by atoms with Gasteiger partial charge in [-0.1, -0.05) is 32.1 Å². The molecule has 152 valence electrons. The highest BCUT2D eigenvalue weighted by molar-refractivity contribution is 5.97. The fourth-order valence-corrected chi connectivity index (χ4v) is 3.15. The summed E-state index contributed by atoms with van der Waals surface area (Å²) in [4.78, 5) is 46.2. The summed E-state index contributed by atoms with van der Waals surface area (Å²) in [6, 6.07) is 3.19. The molecule has 1 aromatic rings. The van der Waals surface area contributed by atoms with E-state index < -0.39 is 35.1 Å². The molecule has 1 aromatic carbocycles. The summed E-state index contributed by atoms with van der Waals surface area (Å²) < 4.78 is 9.49. The number of amides is 1. The summed E-state index contributed by atoms with van der Waals surface area (Å²) in [5, 5.41) is 13.9. The second-order valence-corrected chi connectivity index (χ2v) is 6.70. The molecule has 0 unspecified atom stereocenters. The molecule has 0 atom stereocenters. The molecule has 1 saturated carbocycles. The monoisotopic (exact) mass is 392 g/mol. The fourth-order valence-electron chi connectivity index (χ4n) is 3.15. The van der Waals surface area contributed by atoms with Gasteiger partial charge in [-0.05, 0) is 18.9 Å². The SMILES string of the molecule is COC(=O)c1cc(C(=O)OCC(=O)NC2CCCCCCC2)cc([N+](=O)[O-])c1. The van der Waals surface area contributed by atoms with Gasteiger partial charge in [-0.25, -0.2) is 9.59 Å². The Bertz CT molecular complexity index is 740. The van der Waals surface area contributed by atoms with Gasteiger partial charge in [0.15, 0.2) is 6.61 Å². The van der Waals surface area contributed by atoms with E-state index in [-0.39, 0.29) is 17.2 Å². The largest absolute Gasteiger partial charge is 0.465 e. The van der Waals surface area contributed by atoms with Crippen molar-refractivity contribution in [3.63, 3.8) is 0 Å². The van der Waals surface area contributed by atoms with E-state index >= 15 is 0 Å². The summed E-state index contributed by atoms with van der Waals surface area (Å²) in [5.74, 6) is -2.17. The number of nitro benzene ring substituents is 1. The van der Waals surface area contributed by atoms with Gasteiger partial charge in [0.25, 0.3) is 11.6 Å². The molecular formula is C19H24N2O7. The average Bonchev–Trinajstić information content (AvgIpc) is 2.67. The van der Waals surface area contributed by atoms with Crippen molar-refractivity contribution in [1.82, 2.24) is 5.32 Å². The third kappa shape index (κ3) is 6.33. The molecule has 0 radical (unpaired) electrons. The number of ether oxygens (including phenoxy) is 2. The average molecular weight is 392 g/mol. The number of rotatable bonds is 6. The summed E-state index contributed by atoms with van der Waals surface area (Å²) in [6.07, 6.45) is 7.41. The zero-order valence-electron chi connectivity index (χ0n) is 15.8. The smallest absolute Gasteiger partial charge is 0.338 e. The molecule has 0 aliphatic heterocycles. The van der Waals surface area contributed by atoms with Crippen LogP contribution in [0.15, 0.2) is 18.2 Å². The van der Waals surface area contributed by atoms with Crippen LogP contribution in [0.3, 0.4) is 0 Å². The Balaban J connectivity index is 1.97. The number of carbonyl (C=O) groups is 3. The zero-order valence-corrected chi connectivity index (χ0v) is 15.8. The maximum absolute atomic E-state index is 12.2. The Morgan fingerprint density at radius 2 is 1.61 bits per heavy atom. The quantitative estimate of drug-likeness (QED) is 0.448. The van der Waals surface area contributed by atoms with Crippen LogP contribution in [0.1, 0.15) is 65.7 Å². The van der Waals surface area contributed by atoms with Gasteiger partial charge in [-0.3, -0.25) is 14.9 Å². The number of nitrogens with zero attached hydrogens (tertiary/aromatic N) is 1. The lowest BCUT2D eigenvalue weighted by Crippen LogP contribution is -2.38. The third-order valence-corrected chi connectivity index (χ3v) is 4.59. The van der Waals surface area contributed by atoms with Gasteiger partial charge >= 0.3 is 11.9 Å². The number of non-ortho nitro benzene ring substituents is 1. The molecule has 1 aliphatic rings. The Morgan fingerprint density at radius 3 is 2.18 bits per heavy atom. The summed E-state index contributed by atoms with van der Waals surface area (Å²) in [5.41, 5.74) is -0.801. The predicted octanol–water partition coefficient (Wildman–Crippen LogP) is 2.77. The number of esters is 2. The first-order chi connectivity index (χ1) is 13.4. The molecule has 1 aliphatic carbocycles. The molecule has 9 nitrogen and oxygen atoms in total. The van der Waals surface area contributed by atoms with E-state index in [0.717, 1.165) is 63.8 Å². The van der Waals surface area contributed by atoms with Gasteiger partial charge in [0.05, 0.1) is 23.2 Å². The molecule has 0 spiro atoms. The number of methoxy groups -OCH3 is 1. The molecule has 0 heterocycles. The lowest BCUT2D eigenvalue weighted by molar-refractivity contribution is -0.384. The molecule has 2 rings (SSSR count). The predicted molar refractivity (Wildman–Crippen MR) is 99.0 cm³/mol. The molecule has 28 heavy (non-hydrogen) atoms. The molecule has 0 saturated heterocycles. The Morgan fingerprint density at radius 1 is 1.04 bits per heavy atom. The minimum atomic E-state index is -0.929. The van der Waals surface area contributed by atoms with Crippen molar-refractivity contribution in [3.8, 4) is 0 Å². The second kappa shape index (κ2) is 10.4. The number of hydrogen-bond acceptors (Lipinski definition) is 7. The summed E-state index contributed by atoms with van der Waals surface area (Å²) >= 11 is 0. The lowest BCUT2D eigenvalue weighted by atomic mass is 9.97. The van der Waals surface area contributed by atoms with E-state index in [9.17, 15) is 24.5 Å². The van der Waals surface area contributed by atoms with Crippen molar-refractivity contribution < 1.29 is 28.8 Å². The van der Waals surface area contributed by atoms with Gasteiger partial charge in [0.2, 0.25) is 0 Å². The van der Waals surface area contributed by atoms with E-state index in [1.54, 1.807) is 0 Å². The molecule has 0 bridgehead atoms. The zero-order chi connectivity index (χ0) is 20.5. The third-order valence-electron chi connectivity index (χ3n) is 4.59. The molecule has 1 N–H and O–H groups in total. The number of carbonyl (C=O) groups excluding carboxylic acids is 3. The summed E-state index contributed by atoms with van der Waals surface area (Å²) in [7, 11) is 1.12. The van der Waals surface area contributed by atoms with Crippen LogP contribution >= 0.6 is 0 Å². The maximum Gasteiger partial charge on any atom is 0.338 e. The lowest BCUT2D eigenvalue weighted by Gasteiger charge is -2.20. The maximum atomic E-state index is 12.2. The van der Waals surface area contributed by atoms with Crippen molar-refractivity contribution in [2.75, 3.05) is 13.7 Å². The van der Waals surface area contributed by atoms with E-state index in [0.29, 0.717) is 0 Å². The van der Waals surface area contributed by atoms with Crippen LogP contribution in [0.4, 0.5) is 5.69 Å². The molecular weight excluding hydrogens is 368 g/mol. The van der Waals surface area contributed by atoms with Crippen LogP contribution in [0.25, 0.3) is 0 Å². The molecule has 9 heteroatoms. The van der Waals surface area contributed by atoms with Crippen molar-refractivity contribution in [2.24, 2.45) is 0 Å². The number of hydrogen-bond donors (Lipinski definition) is 1. The van der Waals surface area contributed by atoms with E-state index in [1.807, 2.05) is 0 Å². The van der Waals surface area contributed by atoms with Crippen molar-refractivity contribution in [2.45, 2.75) is 51.0 Å². The van der Waals surface area contributed by atoms with E-state index in [4.69, 9.17) is 4.74 Å². The van der Waals surface area contributed by atoms with Crippen LogP contribution in [0.5, 0.6) is 0 Å². The summed E-state index contributed by atoms with van der Waals surface area (Å²) in [6.45, 7) is -0.494. The number of nitrogens with one attached hydrogen (secondary N) is 1. The van der Waals surface area contributed by atoms with Gasteiger partial charge in [0.1, 0.15) is 0 Å². The van der Waals surface area contributed by atoms with E-state index in [1.165, 1.54) is 6.42 Å². The minimum absolute atomic E-state index is 0.0650. The van der Waals surface area contributed by atoms with Crippen molar-refractivity contribution in [1.29, 1.82) is 0 Å². The van der Waals surface area contributed by atoms with Gasteiger partial charge in [0, 0.05) is 18.2 Å². The first kappa shape index (κ1) is 21.3. The van der Waals surface area contributed by atoms with E-state index in [2.05, 4.69) is 10.1 Å². The Labute approximate surface area is 162 Å². The highest BCUT2D eigenvalue weighted by atomic mass is 16.6. The number of nitro groups is 1. The van der Waals surface area contributed by atoms with Crippen LogP contribution < -0.4 is 5.32 Å². The highest BCUT2D eigenvalue weighted by Crippen LogP contribution is 2.19. The fraction of sp³-hybridized carbons (Fsp3) is 0.526. The van der Waals surface area contributed by atoms with Crippen molar-refractivity contribution in [3.05, 3.63) is 39.4 Å². The molecule has 1 amide bonds. The Hall–Kier alpha value is -2.97.